The van der Waals surface area contributed by atoms with E-state index >= 15 is 0 Å². The van der Waals surface area contributed by atoms with Crippen molar-refractivity contribution < 1.29 is 14.5 Å². The van der Waals surface area contributed by atoms with Crippen LogP contribution in [0.2, 0.25) is 0 Å². The molecule has 0 saturated heterocycles. The van der Waals surface area contributed by atoms with E-state index in [-0.39, 0.29) is 10.8 Å². The molecule has 0 bridgehead atoms. The summed E-state index contributed by atoms with van der Waals surface area (Å²) in [6.45, 7) is 2.69. The molecule has 2 rings (SSSR count). The molecule has 10 heteroatoms. The van der Waals surface area contributed by atoms with Crippen molar-refractivity contribution in [2.24, 2.45) is 0 Å². The molecule has 0 saturated carbocycles. The predicted octanol–water partition coefficient (Wildman–Crippen LogP) is 5.43. The molecule has 0 heterocycles. The third-order valence-corrected chi connectivity index (χ3v) is 5.07. The third-order valence-electron chi connectivity index (χ3n) is 3.59. The van der Waals surface area contributed by atoms with Crippen LogP contribution in [0, 0.1) is 10.1 Å². The van der Waals surface area contributed by atoms with Crippen molar-refractivity contribution in [2.45, 2.75) is 19.8 Å². The van der Waals surface area contributed by atoms with Crippen molar-refractivity contribution in [1.29, 1.82) is 0 Å². The van der Waals surface area contributed by atoms with Crippen molar-refractivity contribution in [2.75, 3.05) is 11.9 Å². The maximum absolute atomic E-state index is 12.4. The fourth-order valence-electron chi connectivity index (χ4n) is 2.13. The standard InChI is InChI=1S/C18H17Br2N3O4S/c1-2-3-8-27-16-7-4-11(9-14(16)20)17(24)22-18(28)21-15-6-5-12(23(25)26)10-13(15)19/h4-7,9-10H,2-3,8H2,1H3,(H2,21,22,24,28). The fraction of sp³-hybridized carbons (Fsp3) is 0.222. The Morgan fingerprint density at radius 1 is 1.21 bits per heavy atom. The Balaban J connectivity index is 1.99. The molecule has 0 radical (unpaired) electrons. The summed E-state index contributed by atoms with van der Waals surface area (Å²) < 4.78 is 6.77. The maximum Gasteiger partial charge on any atom is 0.270 e. The Bertz CT molecular complexity index is 908. The van der Waals surface area contributed by atoms with Gasteiger partial charge in [0.25, 0.3) is 11.6 Å². The van der Waals surface area contributed by atoms with E-state index in [0.717, 1.165) is 12.8 Å². The first-order valence-electron chi connectivity index (χ1n) is 8.30. The number of anilines is 1. The zero-order chi connectivity index (χ0) is 20.7. The SMILES string of the molecule is CCCCOc1ccc(C(=O)NC(=S)Nc2ccc([N+](=O)[O-])cc2Br)cc1Br. The number of rotatable bonds is 7. The number of unbranched alkanes of at least 4 members (excludes halogenated alkanes) is 1. The molecule has 7 nitrogen and oxygen atoms in total. The second kappa shape index (κ2) is 10.5. The van der Waals surface area contributed by atoms with Crippen LogP contribution in [0.1, 0.15) is 30.1 Å². The zero-order valence-electron chi connectivity index (χ0n) is 14.8. The van der Waals surface area contributed by atoms with Gasteiger partial charge in [0.1, 0.15) is 5.75 Å². The lowest BCUT2D eigenvalue weighted by Gasteiger charge is -2.12. The van der Waals surface area contributed by atoms with Crippen LogP contribution >= 0.6 is 44.1 Å². The van der Waals surface area contributed by atoms with E-state index < -0.39 is 10.8 Å². The van der Waals surface area contributed by atoms with Gasteiger partial charge in [-0.05, 0) is 74.8 Å². The van der Waals surface area contributed by atoms with E-state index in [1.165, 1.54) is 18.2 Å². The normalized spacial score (nSPS) is 10.2. The van der Waals surface area contributed by atoms with Gasteiger partial charge in [0, 0.05) is 22.2 Å². The lowest BCUT2D eigenvalue weighted by molar-refractivity contribution is -0.384. The maximum atomic E-state index is 12.4. The number of nitro benzene ring substituents is 1. The molecule has 2 N–H and O–H groups in total. The minimum absolute atomic E-state index is 0.0570. The number of carbonyl (C=O) groups is 1. The van der Waals surface area contributed by atoms with Crippen molar-refractivity contribution in [1.82, 2.24) is 5.32 Å². The smallest absolute Gasteiger partial charge is 0.270 e. The number of nitrogens with one attached hydrogen (secondary N) is 2. The molecular formula is C18H17Br2N3O4S. The number of hydrogen-bond acceptors (Lipinski definition) is 5. The summed E-state index contributed by atoms with van der Waals surface area (Å²) >= 11 is 11.8. The van der Waals surface area contributed by atoms with Crippen LogP contribution in [-0.4, -0.2) is 22.5 Å². The molecule has 28 heavy (non-hydrogen) atoms. The van der Waals surface area contributed by atoms with Gasteiger partial charge in [-0.2, -0.15) is 0 Å². The molecular weight excluding hydrogens is 514 g/mol. The van der Waals surface area contributed by atoms with Crippen LogP contribution in [0.4, 0.5) is 11.4 Å². The number of nitrogens with zero attached hydrogens (tertiary/aromatic N) is 1. The molecule has 1 amide bonds. The van der Waals surface area contributed by atoms with Gasteiger partial charge in [0.2, 0.25) is 0 Å². The quantitative estimate of drug-likeness (QED) is 0.215. The summed E-state index contributed by atoms with van der Waals surface area (Å²) in [7, 11) is 0. The Kier molecular flexibility index (Phi) is 8.34. The lowest BCUT2D eigenvalue weighted by Crippen LogP contribution is -2.34. The van der Waals surface area contributed by atoms with E-state index in [9.17, 15) is 14.9 Å². The molecule has 0 fully saturated rings. The highest BCUT2D eigenvalue weighted by Crippen LogP contribution is 2.28. The summed E-state index contributed by atoms with van der Waals surface area (Å²) in [4.78, 5) is 22.7. The third kappa shape index (κ3) is 6.25. The number of ether oxygens (including phenoxy) is 1. The number of hydrogen-bond donors (Lipinski definition) is 2. The topological polar surface area (TPSA) is 93.5 Å². The van der Waals surface area contributed by atoms with E-state index in [2.05, 4.69) is 49.4 Å². The van der Waals surface area contributed by atoms with Crippen molar-refractivity contribution in [3.63, 3.8) is 0 Å². The van der Waals surface area contributed by atoms with E-state index in [0.29, 0.717) is 32.6 Å². The number of non-ortho nitro benzene ring substituents is 1. The molecule has 0 aromatic heterocycles. The van der Waals surface area contributed by atoms with Gasteiger partial charge in [-0.15, -0.1) is 0 Å². The first-order chi connectivity index (χ1) is 13.3. The van der Waals surface area contributed by atoms with E-state index in [1.807, 2.05) is 0 Å². The average molecular weight is 531 g/mol. The van der Waals surface area contributed by atoms with Crippen LogP contribution in [-0.2, 0) is 0 Å². The largest absolute Gasteiger partial charge is 0.492 e. The van der Waals surface area contributed by atoms with Crippen molar-refractivity contribution in [3.05, 3.63) is 61.0 Å². The van der Waals surface area contributed by atoms with Gasteiger partial charge in [0.05, 0.1) is 21.7 Å². The zero-order valence-corrected chi connectivity index (χ0v) is 18.8. The molecule has 0 unspecified atom stereocenters. The minimum Gasteiger partial charge on any atom is -0.492 e. The summed E-state index contributed by atoms with van der Waals surface area (Å²) in [6, 6.07) is 9.21. The molecule has 0 spiro atoms. The Morgan fingerprint density at radius 3 is 2.57 bits per heavy atom. The van der Waals surface area contributed by atoms with E-state index in [4.69, 9.17) is 17.0 Å². The van der Waals surface area contributed by atoms with Crippen molar-refractivity contribution in [3.8, 4) is 5.75 Å². The molecule has 148 valence electrons. The Hall–Kier alpha value is -2.04. The number of amides is 1. The first-order valence-corrected chi connectivity index (χ1v) is 10.3. The molecule has 0 aliphatic heterocycles. The summed E-state index contributed by atoms with van der Waals surface area (Å²) in [6.07, 6.45) is 1.99. The fourth-order valence-corrected chi connectivity index (χ4v) is 3.30. The predicted molar refractivity (Wildman–Crippen MR) is 119 cm³/mol. The van der Waals surface area contributed by atoms with Gasteiger partial charge in [-0.25, -0.2) is 0 Å². The van der Waals surface area contributed by atoms with Crippen LogP contribution in [0.3, 0.4) is 0 Å². The van der Waals surface area contributed by atoms with Crippen LogP contribution < -0.4 is 15.4 Å². The first kappa shape index (κ1) is 22.3. The number of thiocarbonyl (C=S) groups is 1. The molecule has 0 aliphatic rings. The van der Waals surface area contributed by atoms with E-state index in [1.54, 1.807) is 18.2 Å². The minimum atomic E-state index is -0.498. The lowest BCUT2D eigenvalue weighted by atomic mass is 10.2. The van der Waals surface area contributed by atoms with Gasteiger partial charge in [0.15, 0.2) is 5.11 Å². The monoisotopic (exact) mass is 529 g/mol. The summed E-state index contributed by atoms with van der Waals surface area (Å²) in [5.74, 6) is 0.275. The highest BCUT2D eigenvalue weighted by atomic mass is 79.9. The Morgan fingerprint density at radius 2 is 1.96 bits per heavy atom. The summed E-state index contributed by atoms with van der Waals surface area (Å²) in [5, 5.41) is 16.3. The number of halogens is 2. The highest BCUT2D eigenvalue weighted by molar-refractivity contribution is 9.11. The van der Waals surface area contributed by atoms with Crippen LogP contribution in [0.5, 0.6) is 5.75 Å². The molecule has 0 aliphatic carbocycles. The number of benzene rings is 2. The van der Waals surface area contributed by atoms with Crippen LogP contribution in [0.15, 0.2) is 45.3 Å². The second-order valence-electron chi connectivity index (χ2n) is 5.68. The number of nitro groups is 1. The summed E-state index contributed by atoms with van der Waals surface area (Å²) in [5.41, 5.74) is 0.844. The molecule has 0 atom stereocenters. The number of carbonyl (C=O) groups excluding carboxylic acids is 1. The highest BCUT2D eigenvalue weighted by Gasteiger charge is 2.13. The van der Waals surface area contributed by atoms with Gasteiger partial charge < -0.3 is 10.1 Å². The molecule has 2 aromatic carbocycles. The second-order valence-corrected chi connectivity index (χ2v) is 7.79. The van der Waals surface area contributed by atoms with Crippen molar-refractivity contribution >= 4 is 66.5 Å². The van der Waals surface area contributed by atoms with Gasteiger partial charge in [-0.3, -0.25) is 20.2 Å². The van der Waals surface area contributed by atoms with Gasteiger partial charge >= 0.3 is 0 Å². The van der Waals surface area contributed by atoms with Gasteiger partial charge in [-0.1, -0.05) is 13.3 Å². The molecule has 2 aromatic rings. The average Bonchev–Trinajstić information content (AvgIpc) is 2.64. The Labute approximate surface area is 184 Å². The van der Waals surface area contributed by atoms with Crippen LogP contribution in [0.25, 0.3) is 0 Å².